The molecule has 2 rings (SSSR count). The number of nitrogens with zero attached hydrogens (tertiary/aromatic N) is 2. The van der Waals surface area contributed by atoms with Crippen LogP contribution in [0, 0.1) is 10.1 Å². The molecule has 1 amide bonds. The molecule has 0 aliphatic rings. The molecule has 1 unspecified atom stereocenters. The molecule has 1 atom stereocenters. The Kier molecular flexibility index (Phi) is 12.3. The van der Waals surface area contributed by atoms with Crippen molar-refractivity contribution in [3.8, 4) is 11.1 Å². The summed E-state index contributed by atoms with van der Waals surface area (Å²) in [7, 11) is 0. The minimum Gasteiger partial charge on any atom is -0.441 e. The Hall–Kier alpha value is -2.89. The van der Waals surface area contributed by atoms with Crippen molar-refractivity contribution in [2.45, 2.75) is 91.6 Å². The Bertz CT molecular complexity index is 915. The highest BCUT2D eigenvalue weighted by molar-refractivity contribution is 5.70. The molecule has 0 aliphatic carbocycles. The summed E-state index contributed by atoms with van der Waals surface area (Å²) in [6.07, 6.45) is 8.43. The Labute approximate surface area is 210 Å². The topological polar surface area (TPSA) is 72.7 Å². The van der Waals surface area contributed by atoms with Crippen LogP contribution in [0.4, 0.5) is 10.5 Å². The summed E-state index contributed by atoms with van der Waals surface area (Å²) < 4.78 is 5.81. The summed E-state index contributed by atoms with van der Waals surface area (Å²) in [4.78, 5) is 26.2. The van der Waals surface area contributed by atoms with E-state index in [1.807, 2.05) is 12.1 Å². The van der Waals surface area contributed by atoms with Crippen LogP contribution in [0.1, 0.15) is 96.3 Å². The monoisotopic (exact) mass is 482 g/mol. The van der Waals surface area contributed by atoms with Crippen molar-refractivity contribution in [3.63, 3.8) is 0 Å². The number of nitro groups is 1. The Morgan fingerprint density at radius 3 is 1.97 bits per heavy atom. The fourth-order valence-corrected chi connectivity index (χ4v) is 4.20. The lowest BCUT2D eigenvalue weighted by atomic mass is 9.98. The van der Waals surface area contributed by atoms with Crippen LogP contribution in [0.5, 0.6) is 0 Å². The van der Waals surface area contributed by atoms with Gasteiger partial charge in [-0.25, -0.2) is 4.79 Å². The second-order valence-corrected chi connectivity index (χ2v) is 9.22. The first-order valence-electron chi connectivity index (χ1n) is 13.2. The average molecular weight is 483 g/mol. The van der Waals surface area contributed by atoms with Crippen LogP contribution >= 0.6 is 0 Å². The summed E-state index contributed by atoms with van der Waals surface area (Å²) in [5.41, 5.74) is 3.46. The maximum atomic E-state index is 13.1. The minimum absolute atomic E-state index is 0.0309. The third-order valence-electron chi connectivity index (χ3n) is 6.46. The van der Waals surface area contributed by atoms with Gasteiger partial charge in [-0.1, -0.05) is 83.6 Å². The Balaban J connectivity index is 2.19. The SMILES string of the molecule is CCCCCCN(CCCCCC)C(=O)OC(C)c1cc(-c2ccc(CC)cc2)ccc1[N+](=O)[O-]. The lowest BCUT2D eigenvalue weighted by Gasteiger charge is -2.24. The van der Waals surface area contributed by atoms with Gasteiger partial charge in [0.05, 0.1) is 10.5 Å². The molecular weight excluding hydrogens is 440 g/mol. The molecule has 0 aromatic heterocycles. The van der Waals surface area contributed by atoms with E-state index in [0.29, 0.717) is 18.7 Å². The number of hydrogen-bond acceptors (Lipinski definition) is 4. The van der Waals surface area contributed by atoms with E-state index in [-0.39, 0.29) is 5.69 Å². The van der Waals surface area contributed by atoms with Crippen molar-refractivity contribution in [2.75, 3.05) is 13.1 Å². The molecule has 0 saturated heterocycles. The molecule has 6 nitrogen and oxygen atoms in total. The number of carbonyl (C=O) groups is 1. The van der Waals surface area contributed by atoms with Gasteiger partial charge in [0.25, 0.3) is 5.69 Å². The largest absolute Gasteiger partial charge is 0.441 e. The zero-order valence-electron chi connectivity index (χ0n) is 21.9. The van der Waals surface area contributed by atoms with Gasteiger partial charge in [-0.3, -0.25) is 10.1 Å². The van der Waals surface area contributed by atoms with Crippen LogP contribution in [-0.4, -0.2) is 29.0 Å². The summed E-state index contributed by atoms with van der Waals surface area (Å²) >= 11 is 0. The van der Waals surface area contributed by atoms with Crippen molar-refractivity contribution in [1.82, 2.24) is 4.90 Å². The summed E-state index contributed by atoms with van der Waals surface area (Å²) in [5.74, 6) is 0. The first kappa shape index (κ1) is 28.3. The molecule has 0 fully saturated rings. The third-order valence-corrected chi connectivity index (χ3v) is 6.46. The number of nitro benzene ring substituents is 1. The van der Waals surface area contributed by atoms with Crippen molar-refractivity contribution < 1.29 is 14.5 Å². The first-order valence-corrected chi connectivity index (χ1v) is 13.2. The highest BCUT2D eigenvalue weighted by Crippen LogP contribution is 2.33. The van der Waals surface area contributed by atoms with E-state index < -0.39 is 17.1 Å². The number of carbonyl (C=O) groups excluding carboxylic acids is 1. The third kappa shape index (κ3) is 9.00. The fraction of sp³-hybridized carbons (Fsp3) is 0.552. The molecule has 192 valence electrons. The number of unbranched alkanes of at least 4 members (excludes halogenated alkanes) is 6. The predicted molar refractivity (Wildman–Crippen MR) is 143 cm³/mol. The molecular formula is C29H42N2O4. The van der Waals surface area contributed by atoms with Crippen LogP contribution in [-0.2, 0) is 11.2 Å². The highest BCUT2D eigenvalue weighted by Gasteiger charge is 2.25. The van der Waals surface area contributed by atoms with E-state index >= 15 is 0 Å². The first-order chi connectivity index (χ1) is 16.9. The zero-order valence-corrected chi connectivity index (χ0v) is 21.9. The van der Waals surface area contributed by atoms with Crippen molar-refractivity contribution in [3.05, 3.63) is 63.7 Å². The minimum atomic E-state index is -0.730. The number of ether oxygens (including phenoxy) is 1. The standard InChI is InChI=1S/C29H42N2O4/c1-5-8-10-12-20-30(21-13-11-9-6-2)29(32)35-23(4)27-22-26(18-19-28(27)31(33)34)25-16-14-24(7-3)15-17-25/h14-19,22-23H,5-13,20-21H2,1-4H3. The summed E-state index contributed by atoms with van der Waals surface area (Å²) in [6, 6.07) is 13.2. The van der Waals surface area contributed by atoms with Gasteiger partial charge in [-0.2, -0.15) is 0 Å². The van der Waals surface area contributed by atoms with Gasteiger partial charge in [0.2, 0.25) is 0 Å². The van der Waals surface area contributed by atoms with Crippen molar-refractivity contribution in [2.24, 2.45) is 0 Å². The second kappa shape index (κ2) is 15.2. The van der Waals surface area contributed by atoms with E-state index in [0.717, 1.165) is 68.9 Å². The van der Waals surface area contributed by atoms with Gasteiger partial charge in [0.15, 0.2) is 0 Å². The van der Waals surface area contributed by atoms with E-state index in [2.05, 4.69) is 32.9 Å². The van der Waals surface area contributed by atoms with Gasteiger partial charge in [-0.05, 0) is 55.0 Å². The van der Waals surface area contributed by atoms with Gasteiger partial charge in [-0.15, -0.1) is 0 Å². The molecule has 0 aliphatic heterocycles. The van der Waals surface area contributed by atoms with E-state index in [1.54, 1.807) is 24.0 Å². The van der Waals surface area contributed by atoms with Gasteiger partial charge < -0.3 is 9.64 Å². The molecule has 6 heteroatoms. The molecule has 0 N–H and O–H groups in total. The smallest absolute Gasteiger partial charge is 0.410 e. The Morgan fingerprint density at radius 1 is 0.886 bits per heavy atom. The lowest BCUT2D eigenvalue weighted by Crippen LogP contribution is -2.34. The molecule has 2 aromatic carbocycles. The van der Waals surface area contributed by atoms with Gasteiger partial charge in [0, 0.05) is 19.2 Å². The molecule has 0 saturated carbocycles. The number of amides is 1. The van der Waals surface area contributed by atoms with Crippen LogP contribution in [0.3, 0.4) is 0 Å². The maximum absolute atomic E-state index is 13.1. The average Bonchev–Trinajstić information content (AvgIpc) is 2.87. The molecule has 0 radical (unpaired) electrons. The number of hydrogen-bond donors (Lipinski definition) is 0. The summed E-state index contributed by atoms with van der Waals surface area (Å²) in [6.45, 7) is 9.46. The zero-order chi connectivity index (χ0) is 25.6. The Morgan fingerprint density at radius 2 is 1.46 bits per heavy atom. The van der Waals surface area contributed by atoms with Crippen molar-refractivity contribution in [1.29, 1.82) is 0 Å². The normalized spacial score (nSPS) is 11.8. The number of aryl methyl sites for hydroxylation is 1. The predicted octanol–water partition coefficient (Wildman–Crippen LogP) is 8.48. The van der Waals surface area contributed by atoms with Crippen molar-refractivity contribution >= 4 is 11.8 Å². The fourth-order valence-electron chi connectivity index (χ4n) is 4.20. The highest BCUT2D eigenvalue weighted by atomic mass is 16.6. The maximum Gasteiger partial charge on any atom is 0.410 e. The molecule has 2 aromatic rings. The second-order valence-electron chi connectivity index (χ2n) is 9.22. The van der Waals surface area contributed by atoms with Crippen LogP contribution in [0.2, 0.25) is 0 Å². The quantitative estimate of drug-likeness (QED) is 0.145. The molecule has 0 heterocycles. The van der Waals surface area contributed by atoms with Gasteiger partial charge >= 0.3 is 6.09 Å². The van der Waals surface area contributed by atoms with Crippen LogP contribution in [0.25, 0.3) is 11.1 Å². The van der Waals surface area contributed by atoms with E-state index in [9.17, 15) is 14.9 Å². The summed E-state index contributed by atoms with van der Waals surface area (Å²) in [5, 5.41) is 11.7. The molecule has 35 heavy (non-hydrogen) atoms. The van der Waals surface area contributed by atoms with Crippen LogP contribution < -0.4 is 0 Å². The molecule has 0 bridgehead atoms. The number of rotatable bonds is 15. The van der Waals surface area contributed by atoms with E-state index in [4.69, 9.17) is 4.74 Å². The van der Waals surface area contributed by atoms with E-state index in [1.165, 1.54) is 11.6 Å². The van der Waals surface area contributed by atoms with Crippen LogP contribution in [0.15, 0.2) is 42.5 Å². The lowest BCUT2D eigenvalue weighted by molar-refractivity contribution is -0.386. The number of benzene rings is 2. The molecule has 0 spiro atoms. The van der Waals surface area contributed by atoms with Gasteiger partial charge in [0.1, 0.15) is 6.10 Å².